The quantitative estimate of drug-likeness (QED) is 0.207. The molecule has 0 aromatic heterocycles. The van der Waals surface area contributed by atoms with Crippen molar-refractivity contribution < 1.29 is 18.7 Å². The van der Waals surface area contributed by atoms with Gasteiger partial charge in [-0.25, -0.2) is 9.18 Å². The molecule has 4 rings (SSSR count). The molecule has 0 spiro atoms. The molecule has 0 fully saturated rings. The minimum absolute atomic E-state index is 0.00732. The lowest BCUT2D eigenvalue weighted by Gasteiger charge is -2.21. The highest BCUT2D eigenvalue weighted by molar-refractivity contribution is 7.97. The van der Waals surface area contributed by atoms with E-state index in [1.165, 1.54) is 6.07 Å². The van der Waals surface area contributed by atoms with Crippen molar-refractivity contribution in [2.45, 2.75) is 33.1 Å². The summed E-state index contributed by atoms with van der Waals surface area (Å²) in [4.78, 5) is 15.2. The van der Waals surface area contributed by atoms with Crippen LogP contribution in [0.15, 0.2) is 106 Å². The number of carbonyl (C=O) groups excluding carboxylic acids is 1. The van der Waals surface area contributed by atoms with Crippen LogP contribution >= 0.6 is 0 Å². The number of halogens is 1. The zero-order chi connectivity index (χ0) is 22.4. The van der Waals surface area contributed by atoms with Gasteiger partial charge < -0.3 is 9.47 Å². The fraction of sp³-hybridized carbons (Fsp3) is 0.148. The number of benzene rings is 3. The van der Waals surface area contributed by atoms with Crippen LogP contribution in [0, 0.1) is 18.2 Å². The minimum Gasteiger partial charge on any atom is -0.479 e. The molecular weight excluding hydrogens is 423 g/mol. The zero-order valence-electron chi connectivity index (χ0n) is 17.4. The Labute approximate surface area is 190 Å². The Hall–Kier alpha value is -3.49. The van der Waals surface area contributed by atoms with Gasteiger partial charge in [0.25, 0.3) is 0 Å². The number of ether oxygens (including phenoxy) is 2. The molecule has 1 atom stereocenters. The molecule has 0 aliphatic heterocycles. The van der Waals surface area contributed by atoms with Crippen molar-refractivity contribution >= 4 is 16.9 Å². The maximum absolute atomic E-state index is 14.9. The van der Waals surface area contributed by atoms with E-state index >= 15 is 0 Å². The van der Waals surface area contributed by atoms with E-state index in [0.29, 0.717) is 6.42 Å². The molecule has 32 heavy (non-hydrogen) atoms. The maximum Gasteiger partial charge on any atom is 0.345 e. The van der Waals surface area contributed by atoms with Crippen LogP contribution in [-0.2, 0) is 20.4 Å². The summed E-state index contributed by atoms with van der Waals surface area (Å²) in [6, 6.07) is 24.8. The average Bonchev–Trinajstić information content (AvgIpc) is 3.29. The fourth-order valence-electron chi connectivity index (χ4n) is 3.51. The number of esters is 1. The van der Waals surface area contributed by atoms with Crippen LogP contribution in [0.4, 0.5) is 4.39 Å². The van der Waals surface area contributed by atoms with E-state index in [1.54, 1.807) is 12.1 Å². The van der Waals surface area contributed by atoms with Gasteiger partial charge in [-0.1, -0.05) is 48.4 Å². The molecular formula is C27H22FO3S+. The molecule has 1 unspecified atom stereocenters. The predicted octanol–water partition coefficient (Wildman–Crippen LogP) is 5.57. The van der Waals surface area contributed by atoms with E-state index in [2.05, 4.69) is 5.92 Å². The lowest BCUT2D eigenvalue weighted by atomic mass is 10.1. The predicted molar refractivity (Wildman–Crippen MR) is 123 cm³/mol. The number of allylic oxidation sites excluding steroid dienone is 1. The zero-order valence-corrected chi connectivity index (χ0v) is 18.2. The van der Waals surface area contributed by atoms with Gasteiger partial charge in [-0.3, -0.25) is 0 Å². The molecule has 3 aromatic carbocycles. The van der Waals surface area contributed by atoms with Crippen molar-refractivity contribution in [3.05, 3.63) is 96.8 Å². The van der Waals surface area contributed by atoms with Crippen LogP contribution in [0.2, 0.25) is 0 Å². The van der Waals surface area contributed by atoms with Crippen molar-refractivity contribution in [2.75, 3.05) is 6.61 Å². The number of hydrogen-bond acceptors (Lipinski definition) is 3. The van der Waals surface area contributed by atoms with Gasteiger partial charge in [0.2, 0.25) is 0 Å². The average molecular weight is 446 g/mol. The molecule has 1 aliphatic rings. The standard InChI is InChI=1S/C27H22FO3S/c1-2-27(17-9-10-18-27)31-26(29)20-30-25-16-15-23(19-24(25)28)32(21-11-5-3-6-12-21)22-13-7-4-8-14-22/h1,3-9,11-17,19H,10,18,20H2/q+1. The Morgan fingerprint density at radius 1 is 1.00 bits per heavy atom. The molecule has 0 N–H and O–H groups in total. The molecule has 3 nitrogen and oxygen atoms in total. The lowest BCUT2D eigenvalue weighted by Crippen LogP contribution is -2.31. The number of rotatable bonds is 7. The topological polar surface area (TPSA) is 35.5 Å². The van der Waals surface area contributed by atoms with Crippen LogP contribution in [0.5, 0.6) is 5.75 Å². The maximum atomic E-state index is 14.9. The Balaban J connectivity index is 1.51. The first-order valence-corrected chi connectivity index (χ1v) is 11.5. The summed E-state index contributed by atoms with van der Waals surface area (Å²) >= 11 is 0. The molecule has 0 saturated carbocycles. The van der Waals surface area contributed by atoms with Crippen LogP contribution in [0.1, 0.15) is 12.8 Å². The third-order valence-corrected chi connectivity index (χ3v) is 7.26. The summed E-state index contributed by atoms with van der Waals surface area (Å²) in [5.74, 6) is 1.33. The molecule has 0 bridgehead atoms. The molecule has 1 aliphatic carbocycles. The summed E-state index contributed by atoms with van der Waals surface area (Å²) in [5.41, 5.74) is -1.03. The highest BCUT2D eigenvalue weighted by Gasteiger charge is 2.32. The fourth-order valence-corrected chi connectivity index (χ4v) is 5.61. The Bertz CT molecular complexity index is 1120. The summed E-state index contributed by atoms with van der Waals surface area (Å²) in [5, 5.41) is 0. The van der Waals surface area contributed by atoms with Crippen molar-refractivity contribution in [3.63, 3.8) is 0 Å². The van der Waals surface area contributed by atoms with E-state index in [9.17, 15) is 9.18 Å². The second-order valence-corrected chi connectivity index (χ2v) is 9.29. The monoisotopic (exact) mass is 445 g/mol. The molecule has 5 heteroatoms. The van der Waals surface area contributed by atoms with Crippen molar-refractivity contribution in [1.82, 2.24) is 0 Å². The summed E-state index contributed by atoms with van der Waals surface area (Å²) in [7, 11) is -0.473. The molecule has 0 radical (unpaired) electrons. The molecule has 0 saturated heterocycles. The van der Waals surface area contributed by atoms with Gasteiger partial charge in [-0.2, -0.15) is 0 Å². The van der Waals surface area contributed by atoms with E-state index in [1.807, 2.05) is 72.8 Å². The summed E-state index contributed by atoms with van der Waals surface area (Å²) in [6.07, 6.45) is 10.4. The smallest absolute Gasteiger partial charge is 0.345 e. The lowest BCUT2D eigenvalue weighted by molar-refractivity contribution is -0.153. The normalized spacial score (nSPS) is 17.2. The van der Waals surface area contributed by atoms with Gasteiger partial charge in [0.15, 0.2) is 38.5 Å². The first kappa shape index (κ1) is 21.7. The van der Waals surface area contributed by atoms with E-state index in [4.69, 9.17) is 15.9 Å². The Kier molecular flexibility index (Phi) is 6.63. The van der Waals surface area contributed by atoms with Gasteiger partial charge in [-0.15, -0.1) is 6.42 Å². The highest BCUT2D eigenvalue weighted by atomic mass is 32.2. The van der Waals surface area contributed by atoms with Gasteiger partial charge in [0.1, 0.15) is 0 Å². The van der Waals surface area contributed by atoms with E-state index in [0.717, 1.165) is 21.1 Å². The van der Waals surface area contributed by atoms with E-state index < -0.39 is 34.9 Å². The summed E-state index contributed by atoms with van der Waals surface area (Å²) < 4.78 is 25.7. The Morgan fingerprint density at radius 2 is 1.66 bits per heavy atom. The third-order valence-electron chi connectivity index (χ3n) is 5.05. The number of hydrogen-bond donors (Lipinski definition) is 0. The highest BCUT2D eigenvalue weighted by Crippen LogP contribution is 2.33. The second kappa shape index (κ2) is 9.76. The largest absolute Gasteiger partial charge is 0.479 e. The van der Waals surface area contributed by atoms with E-state index in [-0.39, 0.29) is 5.75 Å². The first-order chi connectivity index (χ1) is 15.6. The van der Waals surface area contributed by atoms with Gasteiger partial charge in [-0.05, 0) is 48.9 Å². The molecule has 3 aromatic rings. The van der Waals surface area contributed by atoms with Gasteiger partial charge in [0, 0.05) is 12.5 Å². The third kappa shape index (κ3) is 4.87. The second-order valence-electron chi connectivity index (χ2n) is 7.26. The Morgan fingerprint density at radius 3 is 2.19 bits per heavy atom. The number of terminal acetylenes is 1. The van der Waals surface area contributed by atoms with Crippen LogP contribution in [0.25, 0.3) is 0 Å². The molecule has 0 amide bonds. The van der Waals surface area contributed by atoms with Crippen molar-refractivity contribution in [1.29, 1.82) is 0 Å². The summed E-state index contributed by atoms with van der Waals surface area (Å²) in [6.45, 7) is -0.420. The van der Waals surface area contributed by atoms with Crippen LogP contribution in [0.3, 0.4) is 0 Å². The van der Waals surface area contributed by atoms with Crippen molar-refractivity contribution in [3.8, 4) is 18.1 Å². The minimum atomic E-state index is -1.03. The molecule has 160 valence electrons. The van der Waals surface area contributed by atoms with Crippen LogP contribution in [-0.4, -0.2) is 18.2 Å². The van der Waals surface area contributed by atoms with Gasteiger partial charge >= 0.3 is 5.97 Å². The number of carbonyl (C=O) groups is 1. The van der Waals surface area contributed by atoms with Gasteiger partial charge in [0.05, 0.1) is 10.9 Å². The molecule has 0 heterocycles. The first-order valence-electron chi connectivity index (χ1n) is 10.2. The van der Waals surface area contributed by atoms with Crippen LogP contribution < -0.4 is 4.74 Å². The SMILES string of the molecule is C#CC1(OC(=O)COc2ccc([S+](c3ccccc3)c3ccccc3)cc2F)C=CCC1. The van der Waals surface area contributed by atoms with Crippen molar-refractivity contribution in [2.24, 2.45) is 0 Å².